The van der Waals surface area contributed by atoms with Gasteiger partial charge >= 0.3 is 0 Å². The number of para-hydroxylation sites is 1. The van der Waals surface area contributed by atoms with Gasteiger partial charge in [-0.2, -0.15) is 0 Å². The molecule has 1 saturated heterocycles. The molecule has 0 radical (unpaired) electrons. The molecule has 1 fully saturated rings. The first kappa shape index (κ1) is 20.5. The number of hydrogen-bond acceptors (Lipinski definition) is 4. The summed E-state index contributed by atoms with van der Waals surface area (Å²) in [5, 5.41) is 6.60. The van der Waals surface area contributed by atoms with Gasteiger partial charge in [-0.3, -0.25) is 9.89 Å². The number of nitrogens with zero attached hydrogens (tertiary/aromatic N) is 3. The van der Waals surface area contributed by atoms with Crippen LogP contribution < -0.4 is 15.4 Å². The maximum Gasteiger partial charge on any atom is 0.191 e. The van der Waals surface area contributed by atoms with Crippen molar-refractivity contribution in [3.05, 3.63) is 30.1 Å². The fourth-order valence-electron chi connectivity index (χ4n) is 2.90. The van der Waals surface area contributed by atoms with Gasteiger partial charge in [0.1, 0.15) is 6.10 Å². The summed E-state index contributed by atoms with van der Waals surface area (Å²) in [6.45, 7) is 9.92. The Morgan fingerprint density at radius 3 is 2.46 bits per heavy atom. The third kappa shape index (κ3) is 6.46. The van der Waals surface area contributed by atoms with Crippen LogP contribution in [-0.2, 0) is 0 Å². The summed E-state index contributed by atoms with van der Waals surface area (Å²) in [6.07, 6.45) is -0.180. The third-order valence-electron chi connectivity index (χ3n) is 4.67. The smallest absolute Gasteiger partial charge is 0.191 e. The van der Waals surface area contributed by atoms with E-state index < -0.39 is 0 Å². The minimum atomic E-state index is -0.345. The molecule has 146 valence electrons. The van der Waals surface area contributed by atoms with Crippen LogP contribution in [0.2, 0.25) is 0 Å². The van der Waals surface area contributed by atoms with Crippen molar-refractivity contribution in [2.45, 2.75) is 26.0 Å². The van der Waals surface area contributed by atoms with Crippen LogP contribution in [0.3, 0.4) is 0 Å². The molecule has 0 saturated carbocycles. The minimum Gasteiger partial charge on any atom is -0.486 e. The topological polar surface area (TPSA) is 52.1 Å². The van der Waals surface area contributed by atoms with Crippen molar-refractivity contribution >= 4 is 5.96 Å². The molecule has 2 atom stereocenters. The van der Waals surface area contributed by atoms with Crippen LogP contribution in [0.15, 0.2) is 29.3 Å². The lowest BCUT2D eigenvalue weighted by atomic mass is 10.2. The van der Waals surface area contributed by atoms with E-state index in [1.54, 1.807) is 25.2 Å². The molecule has 1 heterocycles. The number of guanidine groups is 1. The lowest BCUT2D eigenvalue weighted by Crippen LogP contribution is -2.52. The minimum absolute atomic E-state index is 0.180. The Hall–Kier alpha value is -1.86. The highest BCUT2D eigenvalue weighted by Gasteiger charge is 2.19. The zero-order chi connectivity index (χ0) is 18.9. The van der Waals surface area contributed by atoms with Crippen molar-refractivity contribution in [2.75, 3.05) is 53.4 Å². The average Bonchev–Trinajstić information content (AvgIpc) is 2.64. The van der Waals surface area contributed by atoms with Gasteiger partial charge in [-0.1, -0.05) is 12.1 Å². The van der Waals surface area contributed by atoms with E-state index in [-0.39, 0.29) is 17.7 Å². The second-order valence-electron chi connectivity index (χ2n) is 6.88. The van der Waals surface area contributed by atoms with E-state index in [4.69, 9.17) is 4.74 Å². The second-order valence-corrected chi connectivity index (χ2v) is 6.88. The van der Waals surface area contributed by atoms with E-state index in [9.17, 15) is 4.39 Å². The number of likely N-dealkylation sites (N-methyl/N-ethyl adjacent to an activating group) is 1. The van der Waals surface area contributed by atoms with Gasteiger partial charge in [-0.05, 0) is 33.0 Å². The van der Waals surface area contributed by atoms with E-state index in [0.717, 1.165) is 38.7 Å². The molecule has 0 spiro atoms. The number of aliphatic imine (C=N–C) groups is 1. The van der Waals surface area contributed by atoms with E-state index in [1.165, 1.54) is 6.07 Å². The van der Waals surface area contributed by atoms with Crippen LogP contribution in [0.1, 0.15) is 13.8 Å². The molecular formula is C19H32FN5O. The van der Waals surface area contributed by atoms with Crippen LogP contribution in [0.4, 0.5) is 4.39 Å². The van der Waals surface area contributed by atoms with E-state index in [1.807, 2.05) is 6.92 Å². The summed E-state index contributed by atoms with van der Waals surface area (Å²) >= 11 is 0. The van der Waals surface area contributed by atoms with Gasteiger partial charge in [-0.15, -0.1) is 0 Å². The van der Waals surface area contributed by atoms with Crippen molar-refractivity contribution in [1.82, 2.24) is 20.4 Å². The van der Waals surface area contributed by atoms with Crippen LogP contribution in [0, 0.1) is 5.82 Å². The molecule has 26 heavy (non-hydrogen) atoms. The molecule has 2 unspecified atom stereocenters. The molecular weight excluding hydrogens is 333 g/mol. The molecule has 1 aliphatic rings. The molecule has 1 aromatic rings. The molecule has 1 aromatic carbocycles. The zero-order valence-corrected chi connectivity index (χ0v) is 16.3. The van der Waals surface area contributed by atoms with Crippen molar-refractivity contribution in [3.8, 4) is 5.75 Å². The van der Waals surface area contributed by atoms with Gasteiger partial charge in [0.2, 0.25) is 0 Å². The van der Waals surface area contributed by atoms with E-state index in [0.29, 0.717) is 12.6 Å². The van der Waals surface area contributed by atoms with Gasteiger partial charge in [0.05, 0.1) is 6.54 Å². The van der Waals surface area contributed by atoms with Crippen molar-refractivity contribution < 1.29 is 9.13 Å². The van der Waals surface area contributed by atoms with Crippen LogP contribution in [-0.4, -0.2) is 81.3 Å². The summed E-state index contributed by atoms with van der Waals surface area (Å²) < 4.78 is 19.3. The summed E-state index contributed by atoms with van der Waals surface area (Å²) in [5.74, 6) is 0.659. The average molecular weight is 365 g/mol. The van der Waals surface area contributed by atoms with Gasteiger partial charge in [0.25, 0.3) is 0 Å². The van der Waals surface area contributed by atoms with Gasteiger partial charge < -0.3 is 20.3 Å². The maximum absolute atomic E-state index is 13.6. The Kier molecular flexibility index (Phi) is 8.12. The lowest BCUT2D eigenvalue weighted by molar-refractivity contribution is 0.120. The normalized spacial score (nSPS) is 19.0. The molecule has 1 aliphatic heterocycles. The van der Waals surface area contributed by atoms with Crippen LogP contribution >= 0.6 is 0 Å². The summed E-state index contributed by atoms with van der Waals surface area (Å²) in [7, 11) is 3.91. The fraction of sp³-hybridized carbons (Fsp3) is 0.632. The Labute approximate surface area is 156 Å². The lowest BCUT2D eigenvalue weighted by Gasteiger charge is -2.36. The summed E-state index contributed by atoms with van der Waals surface area (Å²) in [5.41, 5.74) is 0. The third-order valence-corrected chi connectivity index (χ3v) is 4.67. The Bertz CT molecular complexity index is 575. The standard InChI is InChI=1S/C19H32FN5O/c1-15(25-11-9-24(4)10-12-25)13-22-19(21-3)23-14-16(2)26-18-8-6-5-7-17(18)20/h5-8,15-16H,9-14H2,1-4H3,(H2,21,22,23). The molecule has 2 N–H and O–H groups in total. The highest BCUT2D eigenvalue weighted by Crippen LogP contribution is 2.16. The first-order valence-electron chi connectivity index (χ1n) is 9.28. The van der Waals surface area contributed by atoms with Crippen molar-refractivity contribution in [3.63, 3.8) is 0 Å². The first-order valence-corrected chi connectivity index (χ1v) is 9.28. The van der Waals surface area contributed by atoms with Gasteiger partial charge in [0, 0.05) is 45.8 Å². The van der Waals surface area contributed by atoms with Gasteiger partial charge in [0.15, 0.2) is 17.5 Å². The predicted octanol–water partition coefficient (Wildman–Crippen LogP) is 1.39. The first-order chi connectivity index (χ1) is 12.5. The van der Waals surface area contributed by atoms with Crippen molar-refractivity contribution in [1.29, 1.82) is 0 Å². The van der Waals surface area contributed by atoms with Crippen LogP contribution in [0.25, 0.3) is 0 Å². The number of benzene rings is 1. The zero-order valence-electron chi connectivity index (χ0n) is 16.3. The SMILES string of the molecule is CN=C(NCC(C)Oc1ccccc1F)NCC(C)N1CCN(C)CC1. The van der Waals surface area contributed by atoms with Gasteiger partial charge in [-0.25, -0.2) is 4.39 Å². The van der Waals surface area contributed by atoms with Crippen LogP contribution in [0.5, 0.6) is 5.75 Å². The fourth-order valence-corrected chi connectivity index (χ4v) is 2.90. The number of ether oxygens (including phenoxy) is 1. The number of halogens is 1. The van der Waals surface area contributed by atoms with E-state index >= 15 is 0 Å². The number of rotatable bonds is 7. The molecule has 7 heteroatoms. The second kappa shape index (κ2) is 10.3. The Morgan fingerprint density at radius 2 is 1.81 bits per heavy atom. The Balaban J connectivity index is 1.71. The van der Waals surface area contributed by atoms with Crippen molar-refractivity contribution in [2.24, 2.45) is 4.99 Å². The number of hydrogen-bond donors (Lipinski definition) is 2. The molecule has 0 amide bonds. The molecule has 0 aromatic heterocycles. The monoisotopic (exact) mass is 365 g/mol. The largest absolute Gasteiger partial charge is 0.486 e. The van der Waals surface area contributed by atoms with E-state index in [2.05, 4.69) is 39.4 Å². The number of nitrogens with one attached hydrogen (secondary N) is 2. The maximum atomic E-state index is 13.6. The highest BCUT2D eigenvalue weighted by atomic mass is 19.1. The predicted molar refractivity (Wildman–Crippen MR) is 104 cm³/mol. The molecule has 0 bridgehead atoms. The number of piperazine rings is 1. The summed E-state index contributed by atoms with van der Waals surface area (Å²) in [4.78, 5) is 9.10. The quantitative estimate of drug-likeness (QED) is 0.565. The Morgan fingerprint density at radius 1 is 1.15 bits per heavy atom. The summed E-state index contributed by atoms with van der Waals surface area (Å²) in [6, 6.07) is 6.89. The molecule has 0 aliphatic carbocycles. The molecule has 6 nitrogen and oxygen atoms in total. The molecule has 2 rings (SSSR count). The highest BCUT2D eigenvalue weighted by molar-refractivity contribution is 5.79.